The van der Waals surface area contributed by atoms with Crippen LogP contribution < -0.4 is 0 Å². The SMILES string of the molecule is CCCC(OC(c1ccccc1)(c1ccccc1)c1ccccc1)OS(C)(=O)=O. The molecular weight excluding hydrogens is 384 g/mol. The molecule has 0 bridgehead atoms. The van der Waals surface area contributed by atoms with E-state index in [9.17, 15) is 8.42 Å². The summed E-state index contributed by atoms with van der Waals surface area (Å²) in [5.74, 6) is 0. The van der Waals surface area contributed by atoms with Gasteiger partial charge in [-0.25, -0.2) is 4.18 Å². The maximum Gasteiger partial charge on any atom is 0.266 e. The third-order valence-corrected chi connectivity index (χ3v) is 5.22. The molecule has 4 nitrogen and oxygen atoms in total. The van der Waals surface area contributed by atoms with E-state index in [1.54, 1.807) is 0 Å². The highest BCUT2D eigenvalue weighted by atomic mass is 32.2. The summed E-state index contributed by atoms with van der Waals surface area (Å²) < 4.78 is 35.8. The van der Waals surface area contributed by atoms with Crippen molar-refractivity contribution in [2.75, 3.05) is 6.26 Å². The van der Waals surface area contributed by atoms with Gasteiger partial charge in [-0.15, -0.1) is 0 Å². The van der Waals surface area contributed by atoms with Crippen molar-refractivity contribution in [3.63, 3.8) is 0 Å². The zero-order chi connectivity index (χ0) is 20.7. The third-order valence-electron chi connectivity index (χ3n) is 4.66. The van der Waals surface area contributed by atoms with Crippen molar-refractivity contribution in [3.05, 3.63) is 108 Å². The molecule has 0 aliphatic carbocycles. The third kappa shape index (κ3) is 5.12. The van der Waals surface area contributed by atoms with E-state index < -0.39 is 22.0 Å². The maximum absolute atomic E-state index is 11.9. The lowest BCUT2D eigenvalue weighted by atomic mass is 9.80. The zero-order valence-electron chi connectivity index (χ0n) is 16.7. The van der Waals surface area contributed by atoms with Crippen molar-refractivity contribution in [2.45, 2.75) is 31.7 Å². The predicted molar refractivity (Wildman–Crippen MR) is 115 cm³/mol. The molecule has 0 spiro atoms. The van der Waals surface area contributed by atoms with Crippen LogP contribution in [0.25, 0.3) is 0 Å². The molecule has 0 saturated carbocycles. The zero-order valence-corrected chi connectivity index (χ0v) is 17.5. The van der Waals surface area contributed by atoms with Gasteiger partial charge < -0.3 is 4.74 Å². The van der Waals surface area contributed by atoms with Crippen LogP contribution in [0, 0.1) is 0 Å². The van der Waals surface area contributed by atoms with Gasteiger partial charge in [0.15, 0.2) is 6.29 Å². The van der Waals surface area contributed by atoms with Crippen molar-refractivity contribution >= 4 is 10.1 Å². The van der Waals surface area contributed by atoms with Crippen LogP contribution >= 0.6 is 0 Å². The molecule has 29 heavy (non-hydrogen) atoms. The Kier molecular flexibility index (Phi) is 6.85. The number of rotatable bonds is 9. The van der Waals surface area contributed by atoms with E-state index in [1.165, 1.54) is 0 Å². The molecule has 3 aromatic rings. The fourth-order valence-electron chi connectivity index (χ4n) is 3.48. The molecule has 0 fully saturated rings. The van der Waals surface area contributed by atoms with Crippen LogP contribution in [0.4, 0.5) is 0 Å². The number of benzene rings is 3. The molecule has 0 aliphatic rings. The number of hydrogen-bond donors (Lipinski definition) is 0. The minimum absolute atomic E-state index is 0.446. The van der Waals surface area contributed by atoms with Crippen LogP contribution in [0.3, 0.4) is 0 Å². The molecule has 0 N–H and O–H groups in total. The summed E-state index contributed by atoms with van der Waals surface area (Å²) in [7, 11) is -3.69. The van der Waals surface area contributed by atoms with E-state index >= 15 is 0 Å². The van der Waals surface area contributed by atoms with Gasteiger partial charge in [0, 0.05) is 0 Å². The lowest BCUT2D eigenvalue weighted by Gasteiger charge is -2.38. The van der Waals surface area contributed by atoms with Crippen molar-refractivity contribution in [2.24, 2.45) is 0 Å². The molecule has 0 aromatic heterocycles. The summed E-state index contributed by atoms with van der Waals surface area (Å²) in [6.07, 6.45) is 1.29. The predicted octanol–water partition coefficient (Wildman–Crippen LogP) is 5.10. The first kappa shape index (κ1) is 21.2. The van der Waals surface area contributed by atoms with Crippen molar-refractivity contribution in [1.29, 1.82) is 0 Å². The Morgan fingerprint density at radius 3 is 1.45 bits per heavy atom. The van der Waals surface area contributed by atoms with Crippen molar-refractivity contribution < 1.29 is 17.3 Å². The molecule has 1 unspecified atom stereocenters. The summed E-state index contributed by atoms with van der Waals surface area (Å²) in [6.45, 7) is 1.97. The normalized spacial score (nSPS) is 13.2. The Morgan fingerprint density at radius 2 is 1.14 bits per heavy atom. The van der Waals surface area contributed by atoms with E-state index in [4.69, 9.17) is 8.92 Å². The van der Waals surface area contributed by atoms with Crippen LogP contribution in [-0.2, 0) is 24.6 Å². The van der Waals surface area contributed by atoms with E-state index in [2.05, 4.69) is 0 Å². The van der Waals surface area contributed by atoms with Gasteiger partial charge in [-0.2, -0.15) is 8.42 Å². The Balaban J connectivity index is 2.24. The summed E-state index contributed by atoms with van der Waals surface area (Å²) >= 11 is 0. The van der Waals surface area contributed by atoms with E-state index in [-0.39, 0.29) is 0 Å². The molecule has 152 valence electrons. The van der Waals surface area contributed by atoms with Gasteiger partial charge in [-0.05, 0) is 23.1 Å². The average molecular weight is 411 g/mol. The van der Waals surface area contributed by atoms with Gasteiger partial charge in [-0.3, -0.25) is 0 Å². The first-order chi connectivity index (χ1) is 14.0. The fraction of sp³-hybridized carbons (Fsp3) is 0.250. The van der Waals surface area contributed by atoms with Crippen LogP contribution in [-0.4, -0.2) is 21.0 Å². The largest absolute Gasteiger partial charge is 0.331 e. The van der Waals surface area contributed by atoms with Crippen LogP contribution in [0.5, 0.6) is 0 Å². The van der Waals surface area contributed by atoms with E-state index in [1.807, 2.05) is 97.9 Å². The lowest BCUT2D eigenvalue weighted by molar-refractivity contribution is -0.144. The summed E-state index contributed by atoms with van der Waals surface area (Å²) in [5.41, 5.74) is 1.68. The Hall–Kier alpha value is -2.47. The molecule has 0 aliphatic heterocycles. The quantitative estimate of drug-likeness (QED) is 0.280. The van der Waals surface area contributed by atoms with Crippen LogP contribution in [0.2, 0.25) is 0 Å². The molecule has 0 saturated heterocycles. The maximum atomic E-state index is 11.9. The molecule has 1 atom stereocenters. The topological polar surface area (TPSA) is 52.6 Å². The Morgan fingerprint density at radius 1 is 0.759 bits per heavy atom. The standard InChI is InChI=1S/C24H26O4S/c1-3-13-23(28-29(2,25)26)27-24(20-14-7-4-8-15-20,21-16-9-5-10-17-21)22-18-11-6-12-19-22/h4-12,14-19,23H,3,13H2,1-2H3. The Bertz CT molecular complexity index is 890. The second-order valence-corrected chi connectivity index (χ2v) is 8.52. The molecule has 3 aromatic carbocycles. The Labute approximate surface area is 173 Å². The first-order valence-corrected chi connectivity index (χ1v) is 11.5. The van der Waals surface area contributed by atoms with Crippen LogP contribution in [0.15, 0.2) is 91.0 Å². The molecule has 0 heterocycles. The highest BCUT2D eigenvalue weighted by molar-refractivity contribution is 7.86. The monoisotopic (exact) mass is 410 g/mol. The van der Waals surface area contributed by atoms with Crippen LogP contribution in [0.1, 0.15) is 36.5 Å². The number of ether oxygens (including phenoxy) is 1. The van der Waals surface area contributed by atoms with Gasteiger partial charge in [0.1, 0.15) is 5.60 Å². The average Bonchev–Trinajstić information content (AvgIpc) is 2.73. The van der Waals surface area contributed by atoms with Gasteiger partial charge in [-0.1, -0.05) is 104 Å². The first-order valence-electron chi connectivity index (χ1n) is 9.68. The smallest absolute Gasteiger partial charge is 0.266 e. The molecule has 0 amide bonds. The minimum Gasteiger partial charge on any atom is -0.331 e. The summed E-state index contributed by atoms with van der Waals surface area (Å²) in [5, 5.41) is 0. The van der Waals surface area contributed by atoms with Gasteiger partial charge in [0.25, 0.3) is 10.1 Å². The summed E-state index contributed by atoms with van der Waals surface area (Å²) in [6, 6.07) is 29.5. The molecule has 3 rings (SSSR count). The van der Waals surface area contributed by atoms with Gasteiger partial charge in [0.2, 0.25) is 0 Å². The van der Waals surface area contributed by atoms with Crippen molar-refractivity contribution in [1.82, 2.24) is 0 Å². The van der Waals surface area contributed by atoms with Gasteiger partial charge >= 0.3 is 0 Å². The highest BCUT2D eigenvalue weighted by Crippen LogP contribution is 2.42. The second-order valence-electron chi connectivity index (χ2n) is 6.92. The summed E-state index contributed by atoms with van der Waals surface area (Å²) in [4.78, 5) is 0. The fourth-order valence-corrected chi connectivity index (χ4v) is 4.00. The second kappa shape index (κ2) is 9.35. The highest BCUT2D eigenvalue weighted by Gasteiger charge is 2.40. The number of hydrogen-bond acceptors (Lipinski definition) is 4. The molecular formula is C24H26O4S. The molecule has 0 radical (unpaired) electrons. The van der Waals surface area contributed by atoms with E-state index in [0.717, 1.165) is 22.9 Å². The van der Waals surface area contributed by atoms with Crippen molar-refractivity contribution in [3.8, 4) is 0 Å². The van der Waals surface area contributed by atoms with E-state index in [0.29, 0.717) is 12.8 Å². The lowest BCUT2D eigenvalue weighted by Crippen LogP contribution is -2.38. The minimum atomic E-state index is -3.69. The van der Waals surface area contributed by atoms with Gasteiger partial charge in [0.05, 0.1) is 6.26 Å². The molecule has 5 heteroatoms.